The third-order valence-corrected chi connectivity index (χ3v) is 1.37. The Labute approximate surface area is 82.9 Å². The third-order valence-electron chi connectivity index (χ3n) is 1.37. The third kappa shape index (κ3) is 5.55. The highest BCUT2D eigenvalue weighted by molar-refractivity contribution is 5.87. The number of esters is 1. The molecular formula is C9H16O5. The van der Waals surface area contributed by atoms with Crippen LogP contribution >= 0.6 is 0 Å². The minimum absolute atomic E-state index is 0.216. The fourth-order valence-corrected chi connectivity index (χ4v) is 0.595. The topological polar surface area (TPSA) is 76.0 Å². The molecule has 0 aromatic rings. The molecule has 0 aliphatic carbocycles. The van der Waals surface area contributed by atoms with Crippen molar-refractivity contribution in [3.8, 4) is 0 Å². The van der Waals surface area contributed by atoms with Crippen molar-refractivity contribution in [3.05, 3.63) is 11.8 Å². The molecule has 5 nitrogen and oxygen atoms in total. The van der Waals surface area contributed by atoms with Crippen molar-refractivity contribution in [3.63, 3.8) is 0 Å². The van der Waals surface area contributed by atoms with E-state index < -0.39 is 18.7 Å². The maximum atomic E-state index is 11.1. The highest BCUT2D eigenvalue weighted by Gasteiger charge is 2.09. The van der Waals surface area contributed by atoms with Crippen molar-refractivity contribution in [2.24, 2.45) is 0 Å². The van der Waals surface area contributed by atoms with Gasteiger partial charge < -0.3 is 19.7 Å². The summed E-state index contributed by atoms with van der Waals surface area (Å²) in [5.41, 5.74) is 0.317. The Morgan fingerprint density at radius 2 is 2.21 bits per heavy atom. The van der Waals surface area contributed by atoms with Gasteiger partial charge in [-0.15, -0.1) is 0 Å². The first-order valence-corrected chi connectivity index (χ1v) is 4.36. The van der Waals surface area contributed by atoms with E-state index in [-0.39, 0.29) is 6.61 Å². The lowest BCUT2D eigenvalue weighted by atomic mass is 10.3. The van der Waals surface area contributed by atoms with Gasteiger partial charge >= 0.3 is 5.97 Å². The van der Waals surface area contributed by atoms with Crippen LogP contribution in [0.2, 0.25) is 0 Å². The Balaban J connectivity index is 3.84. The molecule has 5 heteroatoms. The molecule has 0 saturated heterocycles. The highest BCUT2D eigenvalue weighted by atomic mass is 16.5. The molecule has 0 radical (unpaired) electrons. The van der Waals surface area contributed by atoms with Gasteiger partial charge in [-0.05, 0) is 13.8 Å². The molecule has 0 bridgehead atoms. The maximum Gasteiger partial charge on any atom is 0.336 e. The average Bonchev–Trinajstić information content (AvgIpc) is 2.21. The summed E-state index contributed by atoms with van der Waals surface area (Å²) in [4.78, 5) is 11.1. The van der Waals surface area contributed by atoms with Crippen LogP contribution in [0.1, 0.15) is 13.8 Å². The molecule has 14 heavy (non-hydrogen) atoms. The van der Waals surface area contributed by atoms with Gasteiger partial charge in [-0.25, -0.2) is 4.79 Å². The zero-order valence-electron chi connectivity index (χ0n) is 8.40. The molecule has 0 spiro atoms. The number of carbonyl (C=O) groups excluding carboxylic acids is 1. The zero-order valence-corrected chi connectivity index (χ0v) is 8.40. The lowest BCUT2D eigenvalue weighted by molar-refractivity contribution is -0.142. The van der Waals surface area contributed by atoms with Crippen molar-refractivity contribution >= 4 is 5.97 Å². The Kier molecular flexibility index (Phi) is 6.78. The summed E-state index contributed by atoms with van der Waals surface area (Å²) >= 11 is 0. The predicted octanol–water partition coefficient (Wildman–Crippen LogP) is -0.177. The lowest BCUT2D eigenvalue weighted by Crippen LogP contribution is -2.22. The van der Waals surface area contributed by atoms with E-state index in [0.717, 1.165) is 0 Å². The second-order valence-electron chi connectivity index (χ2n) is 2.69. The van der Waals surface area contributed by atoms with E-state index in [2.05, 4.69) is 4.74 Å². The van der Waals surface area contributed by atoms with Crippen LogP contribution in [0.4, 0.5) is 0 Å². The van der Waals surface area contributed by atoms with E-state index in [1.54, 1.807) is 13.8 Å². The SMILES string of the molecule is CCOC=C(C)C(=O)OCC(O)CO. The first-order valence-electron chi connectivity index (χ1n) is 4.36. The average molecular weight is 204 g/mol. The molecular weight excluding hydrogens is 188 g/mol. The molecule has 0 aromatic carbocycles. The monoisotopic (exact) mass is 204 g/mol. The van der Waals surface area contributed by atoms with Crippen molar-refractivity contribution < 1.29 is 24.5 Å². The van der Waals surface area contributed by atoms with E-state index in [0.29, 0.717) is 12.2 Å². The van der Waals surface area contributed by atoms with Crippen LogP contribution in [-0.2, 0) is 14.3 Å². The summed E-state index contributed by atoms with van der Waals surface area (Å²) in [6, 6.07) is 0. The molecule has 0 amide bonds. The number of aliphatic hydroxyl groups is 2. The first kappa shape index (κ1) is 12.9. The van der Waals surface area contributed by atoms with Crippen LogP contribution in [0, 0.1) is 0 Å². The number of hydrogen-bond donors (Lipinski definition) is 2. The van der Waals surface area contributed by atoms with Gasteiger partial charge in [0.1, 0.15) is 12.7 Å². The van der Waals surface area contributed by atoms with Gasteiger partial charge in [-0.3, -0.25) is 0 Å². The number of carbonyl (C=O) groups is 1. The van der Waals surface area contributed by atoms with Crippen LogP contribution < -0.4 is 0 Å². The van der Waals surface area contributed by atoms with Gasteiger partial charge in [-0.1, -0.05) is 0 Å². The van der Waals surface area contributed by atoms with E-state index in [9.17, 15) is 4.79 Å². The molecule has 0 fully saturated rings. The summed E-state index contributed by atoms with van der Waals surface area (Å²) in [7, 11) is 0. The van der Waals surface area contributed by atoms with Crippen LogP contribution in [0.25, 0.3) is 0 Å². The van der Waals surface area contributed by atoms with Gasteiger partial charge in [-0.2, -0.15) is 0 Å². The Hall–Kier alpha value is -1.07. The minimum atomic E-state index is -1.03. The number of ether oxygens (including phenoxy) is 2. The summed E-state index contributed by atoms with van der Waals surface area (Å²) in [6.45, 7) is 3.17. The summed E-state index contributed by atoms with van der Waals surface area (Å²) in [6.07, 6.45) is 0.270. The molecule has 82 valence electrons. The zero-order chi connectivity index (χ0) is 11.0. The standard InChI is InChI=1S/C9H16O5/c1-3-13-5-7(2)9(12)14-6-8(11)4-10/h5,8,10-11H,3-4,6H2,1-2H3. The molecule has 2 N–H and O–H groups in total. The van der Waals surface area contributed by atoms with E-state index in [1.165, 1.54) is 6.26 Å². The van der Waals surface area contributed by atoms with Crippen LogP contribution in [-0.4, -0.2) is 42.1 Å². The molecule has 0 aromatic heterocycles. The molecule has 1 unspecified atom stereocenters. The first-order chi connectivity index (χ1) is 6.61. The van der Waals surface area contributed by atoms with Gasteiger partial charge in [0.15, 0.2) is 0 Å². The quantitative estimate of drug-likeness (QED) is 0.356. The summed E-state index contributed by atoms with van der Waals surface area (Å²) in [5.74, 6) is -0.564. The number of rotatable bonds is 6. The smallest absolute Gasteiger partial charge is 0.336 e. The van der Waals surface area contributed by atoms with E-state index >= 15 is 0 Å². The van der Waals surface area contributed by atoms with Gasteiger partial charge in [0.2, 0.25) is 0 Å². The fourth-order valence-electron chi connectivity index (χ4n) is 0.595. The molecule has 0 aliphatic heterocycles. The van der Waals surface area contributed by atoms with Crippen molar-refractivity contribution in [1.29, 1.82) is 0 Å². The van der Waals surface area contributed by atoms with Crippen molar-refractivity contribution in [1.82, 2.24) is 0 Å². The second kappa shape index (κ2) is 7.34. The second-order valence-corrected chi connectivity index (χ2v) is 2.69. The maximum absolute atomic E-state index is 11.1. The summed E-state index contributed by atoms with van der Waals surface area (Å²) < 4.78 is 9.53. The molecule has 0 heterocycles. The molecule has 1 atom stereocenters. The lowest BCUT2D eigenvalue weighted by Gasteiger charge is -2.08. The van der Waals surface area contributed by atoms with Gasteiger partial charge in [0.05, 0.1) is 25.0 Å². The molecule has 0 rings (SSSR count). The Bertz CT molecular complexity index is 199. The highest BCUT2D eigenvalue weighted by Crippen LogP contribution is 1.98. The number of aliphatic hydroxyl groups excluding tert-OH is 2. The normalized spacial score (nSPS) is 13.6. The summed E-state index contributed by atoms with van der Waals surface area (Å²) in [5, 5.41) is 17.3. The van der Waals surface area contributed by atoms with Crippen molar-refractivity contribution in [2.45, 2.75) is 20.0 Å². The van der Waals surface area contributed by atoms with Crippen LogP contribution in [0.3, 0.4) is 0 Å². The molecule has 0 saturated carbocycles. The fraction of sp³-hybridized carbons (Fsp3) is 0.667. The van der Waals surface area contributed by atoms with Crippen LogP contribution in [0.5, 0.6) is 0 Å². The minimum Gasteiger partial charge on any atom is -0.501 e. The van der Waals surface area contributed by atoms with Gasteiger partial charge in [0.25, 0.3) is 0 Å². The Morgan fingerprint density at radius 1 is 1.57 bits per heavy atom. The van der Waals surface area contributed by atoms with Crippen LogP contribution in [0.15, 0.2) is 11.8 Å². The van der Waals surface area contributed by atoms with E-state index in [1.807, 2.05) is 0 Å². The molecule has 0 aliphatic rings. The predicted molar refractivity (Wildman–Crippen MR) is 49.4 cm³/mol. The van der Waals surface area contributed by atoms with Gasteiger partial charge in [0, 0.05) is 0 Å². The van der Waals surface area contributed by atoms with E-state index in [4.69, 9.17) is 14.9 Å². The number of hydrogen-bond acceptors (Lipinski definition) is 5. The van der Waals surface area contributed by atoms with Crippen molar-refractivity contribution in [2.75, 3.05) is 19.8 Å². The largest absolute Gasteiger partial charge is 0.501 e. The Morgan fingerprint density at radius 3 is 2.71 bits per heavy atom.